The van der Waals surface area contributed by atoms with Crippen molar-refractivity contribution in [1.82, 2.24) is 10.3 Å². The van der Waals surface area contributed by atoms with E-state index in [0.717, 1.165) is 5.56 Å². The monoisotopic (exact) mass is 278 g/mol. The predicted octanol–water partition coefficient (Wildman–Crippen LogP) is 2.02. The lowest BCUT2D eigenvalue weighted by Gasteiger charge is -2.38. The first-order valence-corrected chi connectivity index (χ1v) is 6.60. The number of carbonyl (C=O) groups is 2. The van der Waals surface area contributed by atoms with E-state index in [0.29, 0.717) is 12.8 Å². The Hall–Kier alpha value is -1.91. The Labute approximate surface area is 119 Å². The highest BCUT2D eigenvalue weighted by Gasteiger charge is 2.44. The minimum Gasteiger partial charge on any atom is -0.481 e. The highest BCUT2D eigenvalue weighted by molar-refractivity contribution is 5.80. The van der Waals surface area contributed by atoms with Gasteiger partial charge in [-0.05, 0) is 45.7 Å². The van der Waals surface area contributed by atoms with Gasteiger partial charge in [-0.25, -0.2) is 0 Å². The van der Waals surface area contributed by atoms with Gasteiger partial charge in [-0.2, -0.15) is 0 Å². The smallest absolute Gasteiger partial charge is 0.311 e. The molecule has 0 unspecified atom stereocenters. The summed E-state index contributed by atoms with van der Waals surface area (Å²) in [5.41, 5.74) is -0.889. The molecule has 0 saturated heterocycles. The normalized spacial score (nSPS) is 12.0. The average molecular weight is 278 g/mol. The van der Waals surface area contributed by atoms with Crippen LogP contribution in [0.15, 0.2) is 24.5 Å². The van der Waals surface area contributed by atoms with Crippen molar-refractivity contribution in [2.45, 2.75) is 46.1 Å². The van der Waals surface area contributed by atoms with Crippen molar-refractivity contribution in [3.8, 4) is 0 Å². The molecule has 0 aliphatic heterocycles. The molecule has 5 heteroatoms. The van der Waals surface area contributed by atoms with Gasteiger partial charge in [0, 0.05) is 24.4 Å². The number of carboxylic acid groups (broad SMARTS) is 1. The molecule has 0 spiro atoms. The summed E-state index contributed by atoms with van der Waals surface area (Å²) in [6.07, 6.45) is 4.30. The molecule has 0 radical (unpaired) electrons. The number of aromatic nitrogens is 1. The van der Waals surface area contributed by atoms with Crippen LogP contribution in [0.5, 0.6) is 0 Å². The number of amides is 1. The van der Waals surface area contributed by atoms with E-state index in [1.807, 2.05) is 12.1 Å². The Bertz CT molecular complexity index is 481. The molecule has 0 fully saturated rings. The van der Waals surface area contributed by atoms with E-state index in [2.05, 4.69) is 10.3 Å². The zero-order chi connectivity index (χ0) is 15.4. The van der Waals surface area contributed by atoms with Crippen LogP contribution in [0, 0.1) is 5.41 Å². The van der Waals surface area contributed by atoms with E-state index in [1.165, 1.54) is 0 Å². The summed E-state index contributed by atoms with van der Waals surface area (Å²) in [4.78, 5) is 27.2. The van der Waals surface area contributed by atoms with E-state index in [-0.39, 0.29) is 5.91 Å². The van der Waals surface area contributed by atoms with Gasteiger partial charge in [0.05, 0.1) is 5.41 Å². The van der Waals surface area contributed by atoms with Crippen LogP contribution in [0.1, 0.15) is 39.7 Å². The molecule has 0 atom stereocenters. The summed E-state index contributed by atoms with van der Waals surface area (Å²) < 4.78 is 0. The maximum absolute atomic E-state index is 12.0. The van der Waals surface area contributed by atoms with Crippen molar-refractivity contribution in [3.63, 3.8) is 0 Å². The molecule has 0 aliphatic carbocycles. The van der Waals surface area contributed by atoms with Gasteiger partial charge in [-0.15, -0.1) is 0 Å². The van der Waals surface area contributed by atoms with Crippen molar-refractivity contribution in [2.75, 3.05) is 0 Å². The molecule has 0 bridgehead atoms. The highest BCUT2D eigenvalue weighted by Crippen LogP contribution is 2.30. The van der Waals surface area contributed by atoms with Gasteiger partial charge in [-0.3, -0.25) is 14.6 Å². The van der Waals surface area contributed by atoms with E-state index in [1.54, 1.807) is 40.1 Å². The maximum atomic E-state index is 12.0. The maximum Gasteiger partial charge on any atom is 0.311 e. The Morgan fingerprint density at radius 1 is 1.30 bits per heavy atom. The number of nitrogens with zero attached hydrogens (tertiary/aromatic N) is 1. The highest BCUT2D eigenvalue weighted by atomic mass is 16.4. The van der Waals surface area contributed by atoms with Crippen molar-refractivity contribution >= 4 is 11.9 Å². The molecule has 20 heavy (non-hydrogen) atoms. The average Bonchev–Trinajstić information content (AvgIpc) is 2.36. The number of hydrogen-bond donors (Lipinski definition) is 2. The predicted molar refractivity (Wildman–Crippen MR) is 76.2 cm³/mol. The molecule has 1 heterocycles. The van der Waals surface area contributed by atoms with Crippen LogP contribution in [0.25, 0.3) is 0 Å². The van der Waals surface area contributed by atoms with Gasteiger partial charge in [0.25, 0.3) is 0 Å². The summed E-state index contributed by atoms with van der Waals surface area (Å²) in [5, 5.41) is 12.0. The third kappa shape index (κ3) is 3.79. The van der Waals surface area contributed by atoms with Crippen LogP contribution in [-0.2, 0) is 16.0 Å². The van der Waals surface area contributed by atoms with Gasteiger partial charge < -0.3 is 10.4 Å². The second kappa shape index (κ2) is 6.03. The fraction of sp³-hybridized carbons (Fsp3) is 0.533. The van der Waals surface area contributed by atoms with Crippen LogP contribution < -0.4 is 5.32 Å². The Morgan fingerprint density at radius 2 is 1.95 bits per heavy atom. The topological polar surface area (TPSA) is 79.3 Å². The summed E-state index contributed by atoms with van der Waals surface area (Å²) in [6.45, 7) is 6.67. The van der Waals surface area contributed by atoms with Crippen LogP contribution >= 0.6 is 0 Å². The van der Waals surface area contributed by atoms with E-state index in [4.69, 9.17) is 0 Å². The lowest BCUT2D eigenvalue weighted by atomic mass is 9.74. The molecule has 0 saturated carbocycles. The Morgan fingerprint density at radius 3 is 2.45 bits per heavy atom. The molecule has 0 aromatic carbocycles. The van der Waals surface area contributed by atoms with E-state index >= 15 is 0 Å². The molecule has 1 rings (SSSR count). The Balaban J connectivity index is 2.60. The summed E-state index contributed by atoms with van der Waals surface area (Å²) in [6, 6.07) is 3.73. The third-order valence-electron chi connectivity index (χ3n) is 3.91. The SMILES string of the molecule is CC(C)(NC(=O)CCc1cccnc1)C(C)(C)C(=O)O. The second-order valence-corrected chi connectivity index (χ2v) is 5.96. The quantitative estimate of drug-likeness (QED) is 0.834. The zero-order valence-corrected chi connectivity index (χ0v) is 12.4. The number of carboxylic acids is 1. The van der Waals surface area contributed by atoms with Gasteiger partial charge in [0.1, 0.15) is 0 Å². The number of carbonyl (C=O) groups excluding carboxylic acids is 1. The minimum atomic E-state index is -1.04. The molecule has 1 aromatic heterocycles. The summed E-state index contributed by atoms with van der Waals surface area (Å²) in [7, 11) is 0. The molecule has 0 aliphatic rings. The fourth-order valence-corrected chi connectivity index (χ4v) is 1.64. The third-order valence-corrected chi connectivity index (χ3v) is 3.91. The number of aliphatic carboxylic acids is 1. The zero-order valence-electron chi connectivity index (χ0n) is 12.4. The van der Waals surface area contributed by atoms with E-state index in [9.17, 15) is 14.7 Å². The number of pyridine rings is 1. The lowest BCUT2D eigenvalue weighted by Crippen LogP contribution is -2.57. The first-order chi connectivity index (χ1) is 9.17. The van der Waals surface area contributed by atoms with Gasteiger partial charge >= 0.3 is 5.97 Å². The van der Waals surface area contributed by atoms with Gasteiger partial charge in [0.15, 0.2) is 0 Å². The van der Waals surface area contributed by atoms with Crippen molar-refractivity contribution in [1.29, 1.82) is 0 Å². The molecular formula is C15H22N2O3. The molecule has 110 valence electrons. The number of aryl methyl sites for hydroxylation is 1. The van der Waals surface area contributed by atoms with Gasteiger partial charge in [-0.1, -0.05) is 6.07 Å². The molecule has 1 amide bonds. The molecule has 5 nitrogen and oxygen atoms in total. The van der Waals surface area contributed by atoms with Crippen LogP contribution in [0.3, 0.4) is 0 Å². The fourth-order valence-electron chi connectivity index (χ4n) is 1.64. The van der Waals surface area contributed by atoms with Crippen molar-refractivity contribution < 1.29 is 14.7 Å². The second-order valence-electron chi connectivity index (χ2n) is 5.96. The largest absolute Gasteiger partial charge is 0.481 e. The number of hydrogen-bond acceptors (Lipinski definition) is 3. The van der Waals surface area contributed by atoms with Crippen LogP contribution in [0.2, 0.25) is 0 Å². The molecular weight excluding hydrogens is 256 g/mol. The van der Waals surface area contributed by atoms with Crippen molar-refractivity contribution in [3.05, 3.63) is 30.1 Å². The van der Waals surface area contributed by atoms with Crippen LogP contribution in [0.4, 0.5) is 0 Å². The number of rotatable bonds is 6. The van der Waals surface area contributed by atoms with Crippen LogP contribution in [-0.4, -0.2) is 27.5 Å². The lowest BCUT2D eigenvalue weighted by molar-refractivity contribution is -0.151. The molecule has 1 aromatic rings. The Kier molecular flexibility index (Phi) is 4.87. The van der Waals surface area contributed by atoms with Crippen molar-refractivity contribution in [2.24, 2.45) is 5.41 Å². The van der Waals surface area contributed by atoms with E-state index < -0.39 is 16.9 Å². The standard InChI is InChI=1S/C15H22N2O3/c1-14(2,13(19)20)15(3,4)17-12(18)8-7-11-6-5-9-16-10-11/h5-6,9-10H,7-8H2,1-4H3,(H,17,18)(H,19,20). The van der Waals surface area contributed by atoms with Gasteiger partial charge in [0.2, 0.25) is 5.91 Å². The summed E-state index contributed by atoms with van der Waals surface area (Å²) in [5.74, 6) is -1.09. The minimum absolute atomic E-state index is 0.159. The number of nitrogens with one attached hydrogen (secondary N) is 1. The molecule has 2 N–H and O–H groups in total. The summed E-state index contributed by atoms with van der Waals surface area (Å²) >= 11 is 0. The first-order valence-electron chi connectivity index (χ1n) is 6.60. The first kappa shape index (κ1) is 16.1.